The number of aromatic nitrogens is 2. The van der Waals surface area contributed by atoms with Gasteiger partial charge in [-0.1, -0.05) is 6.92 Å². The van der Waals surface area contributed by atoms with Crippen LogP contribution in [0.1, 0.15) is 25.2 Å². The molecule has 0 saturated heterocycles. The fourth-order valence-corrected chi connectivity index (χ4v) is 1.79. The van der Waals surface area contributed by atoms with Gasteiger partial charge in [0.2, 0.25) is 5.88 Å². The maximum Gasteiger partial charge on any atom is 0.224 e. The predicted octanol–water partition coefficient (Wildman–Crippen LogP) is 3.71. The standard InChI is InChI=1S/C15H18FN3O/c1-4-13-18-14(17-5-2)9-15(19-13)20-12-7-6-11(16)8-10(12)3/h6-9H,4-5H2,1-3H3,(H,17,18,19). The first-order valence-corrected chi connectivity index (χ1v) is 6.68. The van der Waals surface area contributed by atoms with Crippen molar-refractivity contribution >= 4 is 5.82 Å². The van der Waals surface area contributed by atoms with Gasteiger partial charge in [-0.15, -0.1) is 0 Å². The number of aryl methyl sites for hydroxylation is 2. The van der Waals surface area contributed by atoms with Crippen molar-refractivity contribution in [2.75, 3.05) is 11.9 Å². The Labute approximate surface area is 118 Å². The Morgan fingerprint density at radius 1 is 1.20 bits per heavy atom. The average Bonchev–Trinajstić information content (AvgIpc) is 2.42. The summed E-state index contributed by atoms with van der Waals surface area (Å²) in [6.45, 7) is 6.55. The van der Waals surface area contributed by atoms with E-state index in [2.05, 4.69) is 15.3 Å². The molecule has 5 heteroatoms. The van der Waals surface area contributed by atoms with Crippen molar-refractivity contribution < 1.29 is 9.13 Å². The van der Waals surface area contributed by atoms with E-state index in [-0.39, 0.29) is 5.82 Å². The molecule has 0 saturated carbocycles. The third-order valence-electron chi connectivity index (χ3n) is 2.77. The number of benzene rings is 1. The third-order valence-corrected chi connectivity index (χ3v) is 2.77. The lowest BCUT2D eigenvalue weighted by Crippen LogP contribution is -2.04. The molecule has 20 heavy (non-hydrogen) atoms. The van der Waals surface area contributed by atoms with Crippen molar-refractivity contribution in [3.8, 4) is 11.6 Å². The van der Waals surface area contributed by atoms with Crippen LogP contribution in [0.25, 0.3) is 0 Å². The number of rotatable bonds is 5. The molecule has 0 radical (unpaired) electrons. The van der Waals surface area contributed by atoms with Crippen LogP contribution in [0.4, 0.5) is 10.2 Å². The van der Waals surface area contributed by atoms with Crippen molar-refractivity contribution in [3.05, 3.63) is 41.5 Å². The molecule has 1 heterocycles. The molecule has 1 N–H and O–H groups in total. The quantitative estimate of drug-likeness (QED) is 0.903. The van der Waals surface area contributed by atoms with E-state index in [9.17, 15) is 4.39 Å². The molecule has 0 aliphatic rings. The van der Waals surface area contributed by atoms with E-state index in [1.165, 1.54) is 12.1 Å². The summed E-state index contributed by atoms with van der Waals surface area (Å²) in [5.41, 5.74) is 0.728. The number of anilines is 1. The summed E-state index contributed by atoms with van der Waals surface area (Å²) < 4.78 is 18.8. The van der Waals surface area contributed by atoms with E-state index in [1.54, 1.807) is 19.1 Å². The fourth-order valence-electron chi connectivity index (χ4n) is 1.79. The summed E-state index contributed by atoms with van der Waals surface area (Å²) in [5, 5.41) is 3.14. The third kappa shape index (κ3) is 3.44. The van der Waals surface area contributed by atoms with Crippen LogP contribution in [-0.4, -0.2) is 16.5 Å². The molecule has 0 aliphatic heterocycles. The van der Waals surface area contributed by atoms with Crippen LogP contribution in [-0.2, 0) is 6.42 Å². The molecule has 0 bridgehead atoms. The normalized spacial score (nSPS) is 10.4. The second-order valence-electron chi connectivity index (χ2n) is 4.40. The minimum atomic E-state index is -0.278. The van der Waals surface area contributed by atoms with Crippen LogP contribution in [0, 0.1) is 12.7 Å². The summed E-state index contributed by atoms with van der Waals surface area (Å²) >= 11 is 0. The number of halogens is 1. The molecule has 0 aliphatic carbocycles. The zero-order valence-electron chi connectivity index (χ0n) is 11.9. The maximum atomic E-state index is 13.1. The van der Waals surface area contributed by atoms with Gasteiger partial charge < -0.3 is 10.1 Å². The van der Waals surface area contributed by atoms with E-state index in [0.717, 1.165) is 24.3 Å². The Morgan fingerprint density at radius 2 is 2.00 bits per heavy atom. The first kappa shape index (κ1) is 14.2. The molecule has 1 aromatic carbocycles. The number of ether oxygens (including phenoxy) is 1. The number of hydrogen-bond acceptors (Lipinski definition) is 4. The SMILES string of the molecule is CCNc1cc(Oc2ccc(F)cc2C)nc(CC)n1. The lowest BCUT2D eigenvalue weighted by Gasteiger charge is -2.10. The molecule has 0 atom stereocenters. The van der Waals surface area contributed by atoms with Gasteiger partial charge >= 0.3 is 0 Å². The lowest BCUT2D eigenvalue weighted by molar-refractivity contribution is 0.454. The highest BCUT2D eigenvalue weighted by Gasteiger charge is 2.07. The van der Waals surface area contributed by atoms with Crippen molar-refractivity contribution in [1.82, 2.24) is 9.97 Å². The molecule has 0 amide bonds. The van der Waals surface area contributed by atoms with Gasteiger partial charge in [-0.05, 0) is 37.6 Å². The Hall–Kier alpha value is -2.17. The average molecular weight is 275 g/mol. The maximum absolute atomic E-state index is 13.1. The predicted molar refractivity (Wildman–Crippen MR) is 76.8 cm³/mol. The van der Waals surface area contributed by atoms with Crippen LogP contribution < -0.4 is 10.1 Å². The molecule has 4 nitrogen and oxygen atoms in total. The van der Waals surface area contributed by atoms with Gasteiger partial charge in [0.25, 0.3) is 0 Å². The second-order valence-corrected chi connectivity index (χ2v) is 4.40. The minimum Gasteiger partial charge on any atom is -0.439 e. The minimum absolute atomic E-state index is 0.278. The summed E-state index contributed by atoms with van der Waals surface area (Å²) in [7, 11) is 0. The van der Waals surface area contributed by atoms with Gasteiger partial charge in [0, 0.05) is 19.0 Å². The summed E-state index contributed by atoms with van der Waals surface area (Å²) in [4.78, 5) is 8.68. The Morgan fingerprint density at radius 3 is 2.65 bits per heavy atom. The van der Waals surface area contributed by atoms with Gasteiger partial charge in [0.15, 0.2) is 0 Å². The Kier molecular flexibility index (Phi) is 4.50. The number of nitrogens with zero attached hydrogens (tertiary/aromatic N) is 2. The van der Waals surface area contributed by atoms with Crippen molar-refractivity contribution in [1.29, 1.82) is 0 Å². The van der Waals surface area contributed by atoms with Crippen molar-refractivity contribution in [2.45, 2.75) is 27.2 Å². The molecule has 2 aromatic rings. The fraction of sp³-hybridized carbons (Fsp3) is 0.333. The van der Waals surface area contributed by atoms with Gasteiger partial charge in [-0.2, -0.15) is 4.98 Å². The van der Waals surface area contributed by atoms with Gasteiger partial charge in [-0.25, -0.2) is 9.37 Å². The van der Waals surface area contributed by atoms with E-state index >= 15 is 0 Å². The number of nitrogens with one attached hydrogen (secondary N) is 1. The topological polar surface area (TPSA) is 47.0 Å². The lowest BCUT2D eigenvalue weighted by atomic mass is 10.2. The van der Waals surface area contributed by atoms with E-state index < -0.39 is 0 Å². The molecule has 0 spiro atoms. The Balaban J connectivity index is 2.29. The summed E-state index contributed by atoms with van der Waals surface area (Å²) in [6.07, 6.45) is 0.720. The molecule has 1 aromatic heterocycles. The molecular weight excluding hydrogens is 257 g/mol. The van der Waals surface area contributed by atoms with E-state index in [0.29, 0.717) is 17.5 Å². The molecule has 0 unspecified atom stereocenters. The van der Waals surface area contributed by atoms with Crippen LogP contribution in [0.15, 0.2) is 24.3 Å². The second kappa shape index (κ2) is 6.32. The molecule has 0 fully saturated rings. The smallest absolute Gasteiger partial charge is 0.224 e. The van der Waals surface area contributed by atoms with Crippen molar-refractivity contribution in [3.63, 3.8) is 0 Å². The van der Waals surface area contributed by atoms with Crippen LogP contribution in [0.2, 0.25) is 0 Å². The van der Waals surface area contributed by atoms with Gasteiger partial charge in [0.05, 0.1) is 0 Å². The van der Waals surface area contributed by atoms with Crippen LogP contribution in [0.3, 0.4) is 0 Å². The Bertz CT molecular complexity index is 602. The van der Waals surface area contributed by atoms with Crippen molar-refractivity contribution in [2.24, 2.45) is 0 Å². The largest absolute Gasteiger partial charge is 0.439 e. The molecular formula is C15H18FN3O. The van der Waals surface area contributed by atoms with Gasteiger partial charge in [0.1, 0.15) is 23.2 Å². The summed E-state index contributed by atoms with van der Waals surface area (Å²) in [6, 6.07) is 6.15. The molecule has 106 valence electrons. The highest BCUT2D eigenvalue weighted by molar-refractivity contribution is 5.41. The summed E-state index contributed by atoms with van der Waals surface area (Å²) in [5.74, 6) is 2.21. The van der Waals surface area contributed by atoms with E-state index in [4.69, 9.17) is 4.74 Å². The van der Waals surface area contributed by atoms with E-state index in [1.807, 2.05) is 13.8 Å². The van der Waals surface area contributed by atoms with Crippen LogP contribution in [0.5, 0.6) is 11.6 Å². The first-order chi connectivity index (χ1) is 9.62. The molecule has 2 rings (SSSR count). The number of hydrogen-bond donors (Lipinski definition) is 1. The highest BCUT2D eigenvalue weighted by atomic mass is 19.1. The zero-order valence-corrected chi connectivity index (χ0v) is 11.9. The highest BCUT2D eigenvalue weighted by Crippen LogP contribution is 2.25. The zero-order chi connectivity index (χ0) is 14.5. The van der Waals surface area contributed by atoms with Crippen LogP contribution >= 0.6 is 0 Å². The monoisotopic (exact) mass is 275 g/mol. The first-order valence-electron chi connectivity index (χ1n) is 6.68. The van der Waals surface area contributed by atoms with Gasteiger partial charge in [-0.3, -0.25) is 0 Å².